The first-order chi connectivity index (χ1) is 8.04. The highest BCUT2D eigenvalue weighted by Crippen LogP contribution is 2.23. The van der Waals surface area contributed by atoms with Crippen LogP contribution in [0.3, 0.4) is 0 Å². The summed E-state index contributed by atoms with van der Waals surface area (Å²) in [5, 5.41) is 5.81. The monoisotopic (exact) mass is 302 g/mol. The van der Waals surface area contributed by atoms with E-state index in [1.54, 1.807) is 13.0 Å². The number of rotatable bonds is 5. The molecule has 0 fully saturated rings. The van der Waals surface area contributed by atoms with E-state index in [0.717, 1.165) is 6.42 Å². The fourth-order valence-corrected chi connectivity index (χ4v) is 1.77. The maximum absolute atomic E-state index is 12.9. The summed E-state index contributed by atoms with van der Waals surface area (Å²) in [6.07, 6.45) is 0.901. The van der Waals surface area contributed by atoms with Gasteiger partial charge >= 0.3 is 0 Å². The largest absolute Gasteiger partial charge is 0.373 e. The Bertz CT molecular complexity index is 398. The number of anilines is 1. The second-order valence-corrected chi connectivity index (χ2v) is 4.64. The van der Waals surface area contributed by atoms with Crippen molar-refractivity contribution < 1.29 is 9.18 Å². The molecule has 0 aliphatic carbocycles. The Balaban J connectivity index is 2.61. The summed E-state index contributed by atoms with van der Waals surface area (Å²) in [5.74, 6) is -0.381. The van der Waals surface area contributed by atoms with Gasteiger partial charge in [0.25, 0.3) is 0 Å². The van der Waals surface area contributed by atoms with Gasteiger partial charge in [-0.1, -0.05) is 6.92 Å². The van der Waals surface area contributed by atoms with E-state index in [1.807, 2.05) is 6.92 Å². The summed E-state index contributed by atoms with van der Waals surface area (Å²) in [5.41, 5.74) is 0.700. The lowest BCUT2D eigenvalue weighted by Gasteiger charge is -2.16. The highest BCUT2D eigenvalue weighted by atomic mass is 79.9. The molecule has 1 aromatic rings. The van der Waals surface area contributed by atoms with E-state index in [0.29, 0.717) is 16.7 Å². The molecule has 1 aromatic carbocycles. The number of hydrogen-bond acceptors (Lipinski definition) is 2. The topological polar surface area (TPSA) is 41.1 Å². The minimum Gasteiger partial charge on any atom is -0.373 e. The summed E-state index contributed by atoms with van der Waals surface area (Å²) in [6.45, 7) is 4.42. The van der Waals surface area contributed by atoms with Crippen LogP contribution >= 0.6 is 15.9 Å². The maximum atomic E-state index is 12.9. The van der Waals surface area contributed by atoms with Crippen LogP contribution in [0.25, 0.3) is 0 Å². The number of amides is 1. The van der Waals surface area contributed by atoms with Gasteiger partial charge < -0.3 is 10.6 Å². The lowest BCUT2D eigenvalue weighted by atomic mass is 10.2. The third-order valence-corrected chi connectivity index (χ3v) is 2.90. The summed E-state index contributed by atoms with van der Waals surface area (Å²) < 4.78 is 13.5. The first-order valence-electron chi connectivity index (χ1n) is 5.54. The van der Waals surface area contributed by atoms with Crippen molar-refractivity contribution in [1.82, 2.24) is 5.32 Å². The van der Waals surface area contributed by atoms with E-state index >= 15 is 0 Å². The molecule has 0 saturated heterocycles. The SMILES string of the molecule is CCCNC(=O)C(C)Nc1ccc(F)cc1Br. The molecule has 1 amide bonds. The van der Waals surface area contributed by atoms with Crippen molar-refractivity contribution in [3.63, 3.8) is 0 Å². The van der Waals surface area contributed by atoms with Crippen molar-refractivity contribution in [2.24, 2.45) is 0 Å². The molecular weight excluding hydrogens is 287 g/mol. The Kier molecular flexibility index (Phi) is 5.41. The van der Waals surface area contributed by atoms with Crippen molar-refractivity contribution in [3.05, 3.63) is 28.5 Å². The summed E-state index contributed by atoms with van der Waals surface area (Å²) in [6, 6.07) is 3.95. The normalized spacial score (nSPS) is 12.0. The lowest BCUT2D eigenvalue weighted by molar-refractivity contribution is -0.121. The van der Waals surface area contributed by atoms with Gasteiger partial charge in [0.1, 0.15) is 11.9 Å². The molecule has 1 rings (SSSR count). The average Bonchev–Trinajstić information content (AvgIpc) is 2.29. The van der Waals surface area contributed by atoms with E-state index in [4.69, 9.17) is 0 Å². The van der Waals surface area contributed by atoms with Gasteiger partial charge in [0.15, 0.2) is 0 Å². The predicted octanol–water partition coefficient (Wildman–Crippen LogP) is 2.91. The van der Waals surface area contributed by atoms with Crippen LogP contribution < -0.4 is 10.6 Å². The highest BCUT2D eigenvalue weighted by Gasteiger charge is 2.13. The number of hydrogen-bond donors (Lipinski definition) is 2. The number of benzene rings is 1. The summed E-state index contributed by atoms with van der Waals surface area (Å²) in [7, 11) is 0. The minimum atomic E-state index is -0.358. The van der Waals surface area contributed by atoms with Crippen LogP contribution in [0.1, 0.15) is 20.3 Å². The number of halogens is 2. The van der Waals surface area contributed by atoms with Gasteiger partial charge in [-0.15, -0.1) is 0 Å². The molecule has 5 heteroatoms. The standard InChI is InChI=1S/C12H16BrFN2O/c1-3-6-15-12(17)8(2)16-11-5-4-9(14)7-10(11)13/h4-5,7-8,16H,3,6H2,1-2H3,(H,15,17). The molecule has 17 heavy (non-hydrogen) atoms. The Labute approximate surface area is 109 Å². The molecule has 0 radical (unpaired) electrons. The summed E-state index contributed by atoms with van der Waals surface area (Å²) >= 11 is 3.24. The Morgan fingerprint density at radius 2 is 2.24 bits per heavy atom. The second-order valence-electron chi connectivity index (χ2n) is 3.78. The number of carbonyl (C=O) groups is 1. The Morgan fingerprint density at radius 1 is 1.53 bits per heavy atom. The first kappa shape index (κ1) is 14.0. The molecule has 0 aliphatic rings. The molecule has 1 unspecified atom stereocenters. The molecule has 0 saturated carbocycles. The van der Waals surface area contributed by atoms with E-state index in [9.17, 15) is 9.18 Å². The van der Waals surface area contributed by atoms with E-state index in [1.165, 1.54) is 12.1 Å². The third-order valence-electron chi connectivity index (χ3n) is 2.25. The van der Waals surface area contributed by atoms with Crippen molar-refractivity contribution >= 4 is 27.5 Å². The maximum Gasteiger partial charge on any atom is 0.242 e. The van der Waals surface area contributed by atoms with Crippen molar-refractivity contribution in [3.8, 4) is 0 Å². The van der Waals surface area contributed by atoms with Crippen LogP contribution in [0.2, 0.25) is 0 Å². The van der Waals surface area contributed by atoms with Gasteiger partial charge in [0.05, 0.1) is 0 Å². The molecule has 0 bridgehead atoms. The van der Waals surface area contributed by atoms with Crippen LogP contribution in [-0.2, 0) is 4.79 Å². The van der Waals surface area contributed by atoms with E-state index in [-0.39, 0.29) is 17.8 Å². The molecule has 2 N–H and O–H groups in total. The van der Waals surface area contributed by atoms with Crippen LogP contribution in [0.15, 0.2) is 22.7 Å². The molecular formula is C12H16BrFN2O. The molecule has 94 valence electrons. The zero-order valence-electron chi connectivity index (χ0n) is 9.89. The van der Waals surface area contributed by atoms with Crippen LogP contribution in [0, 0.1) is 5.82 Å². The highest BCUT2D eigenvalue weighted by molar-refractivity contribution is 9.10. The van der Waals surface area contributed by atoms with Crippen molar-refractivity contribution in [1.29, 1.82) is 0 Å². The van der Waals surface area contributed by atoms with Gasteiger partial charge in [0, 0.05) is 16.7 Å². The molecule has 0 aliphatic heterocycles. The van der Waals surface area contributed by atoms with Crippen LogP contribution in [0.4, 0.5) is 10.1 Å². The Hall–Kier alpha value is -1.10. The zero-order valence-corrected chi connectivity index (χ0v) is 11.5. The third kappa shape index (κ3) is 4.34. The summed E-state index contributed by atoms with van der Waals surface area (Å²) in [4.78, 5) is 11.6. The number of carbonyl (C=O) groups excluding carboxylic acids is 1. The first-order valence-corrected chi connectivity index (χ1v) is 6.33. The van der Waals surface area contributed by atoms with Gasteiger partial charge in [-0.25, -0.2) is 4.39 Å². The molecule has 0 spiro atoms. The Morgan fingerprint density at radius 3 is 2.82 bits per heavy atom. The zero-order chi connectivity index (χ0) is 12.8. The second kappa shape index (κ2) is 6.59. The minimum absolute atomic E-state index is 0.0666. The smallest absolute Gasteiger partial charge is 0.242 e. The van der Waals surface area contributed by atoms with Gasteiger partial charge in [-0.05, 0) is 47.5 Å². The van der Waals surface area contributed by atoms with Gasteiger partial charge in [-0.2, -0.15) is 0 Å². The molecule has 0 aromatic heterocycles. The van der Waals surface area contributed by atoms with Crippen molar-refractivity contribution in [2.45, 2.75) is 26.3 Å². The van der Waals surface area contributed by atoms with Crippen LogP contribution in [-0.4, -0.2) is 18.5 Å². The predicted molar refractivity (Wildman–Crippen MR) is 70.5 cm³/mol. The molecule has 3 nitrogen and oxygen atoms in total. The van der Waals surface area contributed by atoms with Gasteiger partial charge in [0.2, 0.25) is 5.91 Å². The molecule has 0 heterocycles. The fourth-order valence-electron chi connectivity index (χ4n) is 1.31. The average molecular weight is 303 g/mol. The number of nitrogens with one attached hydrogen (secondary N) is 2. The lowest BCUT2D eigenvalue weighted by Crippen LogP contribution is -2.37. The van der Waals surface area contributed by atoms with Crippen LogP contribution in [0.5, 0.6) is 0 Å². The van der Waals surface area contributed by atoms with E-state index < -0.39 is 0 Å². The quantitative estimate of drug-likeness (QED) is 0.878. The van der Waals surface area contributed by atoms with E-state index in [2.05, 4.69) is 26.6 Å². The van der Waals surface area contributed by atoms with Crippen molar-refractivity contribution in [2.75, 3.05) is 11.9 Å². The fraction of sp³-hybridized carbons (Fsp3) is 0.417. The van der Waals surface area contributed by atoms with Gasteiger partial charge in [-0.3, -0.25) is 4.79 Å². The molecule has 1 atom stereocenters.